The number of hydrogen-bond donors (Lipinski definition) is 3. The monoisotopic (exact) mass is 611 g/mol. The van der Waals surface area contributed by atoms with Gasteiger partial charge in [-0.1, -0.05) is 25.3 Å². The number of hydrogen-bond acceptors (Lipinski definition) is 6. The van der Waals surface area contributed by atoms with Crippen LogP contribution in [0.2, 0.25) is 0 Å². The highest BCUT2D eigenvalue weighted by Gasteiger charge is 2.26. The Bertz CT molecular complexity index is 1450. The number of aliphatic carboxylic acids is 1. The van der Waals surface area contributed by atoms with E-state index in [4.69, 9.17) is 4.74 Å². The van der Waals surface area contributed by atoms with Crippen molar-refractivity contribution < 1.29 is 28.4 Å². The summed E-state index contributed by atoms with van der Waals surface area (Å²) in [6.07, 6.45) is 9.89. The largest absolute Gasteiger partial charge is 0.481 e. The number of carbonyl (C=O) groups excluding carboxylic acids is 2. The molecule has 4 rings (SSSR count). The second-order valence-corrected chi connectivity index (χ2v) is 12.3. The van der Waals surface area contributed by atoms with Crippen LogP contribution >= 0.6 is 0 Å². The van der Waals surface area contributed by atoms with Gasteiger partial charge in [-0.2, -0.15) is 5.10 Å². The topological polar surface area (TPSA) is 142 Å². The summed E-state index contributed by atoms with van der Waals surface area (Å²) in [7, 11) is 0.203. The third kappa shape index (κ3) is 9.19. The highest BCUT2D eigenvalue weighted by atomic mass is 32.2. The normalized spacial score (nSPS) is 14.9. The molecule has 1 aliphatic rings. The third-order valence-corrected chi connectivity index (χ3v) is 9.18. The van der Waals surface area contributed by atoms with Gasteiger partial charge in [-0.05, 0) is 61.1 Å². The van der Waals surface area contributed by atoms with E-state index in [1.807, 2.05) is 28.6 Å². The molecule has 12 heteroatoms. The summed E-state index contributed by atoms with van der Waals surface area (Å²) < 4.78 is 23.0. The van der Waals surface area contributed by atoms with Crippen molar-refractivity contribution in [2.24, 2.45) is 0 Å². The molecule has 0 saturated carbocycles. The maximum absolute atomic E-state index is 14.0. The summed E-state index contributed by atoms with van der Waals surface area (Å²) in [4.78, 5) is 35.6. The molecule has 1 unspecified atom stereocenters. The summed E-state index contributed by atoms with van der Waals surface area (Å²) in [6.45, 7) is 3.43. The first-order valence-electron chi connectivity index (χ1n) is 14.8. The molecule has 11 nitrogen and oxygen atoms in total. The Balaban J connectivity index is 1.49. The van der Waals surface area contributed by atoms with E-state index >= 15 is 0 Å². The number of piperidine rings is 1. The van der Waals surface area contributed by atoms with Crippen molar-refractivity contribution in [2.45, 2.75) is 75.7 Å². The van der Waals surface area contributed by atoms with Crippen LogP contribution < -0.4 is 10.6 Å². The van der Waals surface area contributed by atoms with Crippen molar-refractivity contribution in [2.75, 3.05) is 32.1 Å². The number of nitrogens with one attached hydrogen (secondary N) is 2. The first kappa shape index (κ1) is 32.3. The number of nitrogens with zero attached hydrogens (tertiary/aromatic N) is 3. The number of rotatable bonds is 15. The Morgan fingerprint density at radius 1 is 1.07 bits per heavy atom. The average molecular weight is 612 g/mol. The smallest absolute Gasteiger partial charge is 0.307 e. The van der Waals surface area contributed by atoms with Gasteiger partial charge in [0.25, 0.3) is 0 Å². The fraction of sp³-hybridized carbons (Fsp3) is 0.484. The van der Waals surface area contributed by atoms with Crippen molar-refractivity contribution in [3.8, 4) is 11.1 Å². The molecule has 3 aromatic rings. The molecule has 0 aliphatic carbocycles. The zero-order chi connectivity index (χ0) is 30.8. The Morgan fingerprint density at radius 3 is 2.53 bits per heavy atom. The minimum atomic E-state index is -1.49. The quantitative estimate of drug-likeness (QED) is 0.219. The number of anilines is 1. The number of carboxylic acids is 1. The summed E-state index contributed by atoms with van der Waals surface area (Å²) in [5.74, 6) is -1.05. The van der Waals surface area contributed by atoms with Crippen LogP contribution in [0, 0.1) is 0 Å². The highest BCUT2D eigenvalue weighted by molar-refractivity contribution is 7.82. The van der Waals surface area contributed by atoms with Crippen LogP contribution in [-0.2, 0) is 36.5 Å². The first-order chi connectivity index (χ1) is 20.7. The summed E-state index contributed by atoms with van der Waals surface area (Å²) >= 11 is 0. The number of carbonyl (C=O) groups is 3. The molecule has 232 valence electrons. The number of benzene rings is 1. The number of amides is 2. The number of ether oxygens (including phenoxy) is 1. The summed E-state index contributed by atoms with van der Waals surface area (Å²) in [5, 5.41) is 19.4. The molecular weight excluding hydrogens is 570 g/mol. The van der Waals surface area contributed by atoms with Crippen LogP contribution in [0.25, 0.3) is 16.6 Å². The SMILES string of the molecule is COC1CCN(S(=O)c2cc(NC(=O)CCCCCCCNC(C)=O)ccc2-c2ccn3ncc(CC(=O)O)c3c2)CC1. The number of pyridine rings is 1. The first-order valence-corrected chi connectivity index (χ1v) is 15.9. The van der Waals surface area contributed by atoms with Gasteiger partial charge in [0.15, 0.2) is 0 Å². The Morgan fingerprint density at radius 2 is 1.81 bits per heavy atom. The van der Waals surface area contributed by atoms with Crippen molar-refractivity contribution in [1.29, 1.82) is 0 Å². The van der Waals surface area contributed by atoms with Gasteiger partial charge in [0.2, 0.25) is 11.8 Å². The highest BCUT2D eigenvalue weighted by Crippen LogP contribution is 2.33. The molecule has 1 aliphatic heterocycles. The van der Waals surface area contributed by atoms with E-state index in [0.717, 1.165) is 56.1 Å². The molecule has 0 bridgehead atoms. The van der Waals surface area contributed by atoms with E-state index < -0.39 is 17.0 Å². The predicted octanol–water partition coefficient (Wildman–Crippen LogP) is 4.18. The van der Waals surface area contributed by atoms with Gasteiger partial charge >= 0.3 is 5.97 Å². The molecule has 3 heterocycles. The number of carboxylic acid groups (broad SMARTS) is 1. The second-order valence-electron chi connectivity index (χ2n) is 10.9. The Labute approximate surface area is 254 Å². The predicted molar refractivity (Wildman–Crippen MR) is 165 cm³/mol. The van der Waals surface area contributed by atoms with Gasteiger partial charge in [-0.3, -0.25) is 14.4 Å². The van der Waals surface area contributed by atoms with E-state index in [0.29, 0.717) is 47.7 Å². The zero-order valence-electron chi connectivity index (χ0n) is 24.8. The van der Waals surface area contributed by atoms with Crippen LogP contribution in [-0.4, -0.2) is 73.9 Å². The van der Waals surface area contributed by atoms with Crippen LogP contribution in [0.4, 0.5) is 5.69 Å². The maximum atomic E-state index is 14.0. The zero-order valence-corrected chi connectivity index (χ0v) is 25.7. The molecule has 2 aromatic heterocycles. The summed E-state index contributed by atoms with van der Waals surface area (Å²) in [6, 6.07) is 9.19. The number of aromatic nitrogens is 2. The standard InChI is InChI=1S/C31H41N5O6S/c1-22(37)32-14-7-5-3-4-6-8-30(38)34-25-9-10-27(29(20-25)43(41)35-15-12-26(42-2)13-16-35)23-11-17-36-28(18-23)24(21-33-36)19-31(39)40/h9-11,17-18,20-21,26H,3-8,12-16,19H2,1-2H3,(H,32,37)(H,34,38)(H,39,40). The second kappa shape index (κ2) is 15.7. The van der Waals surface area contributed by atoms with Crippen molar-refractivity contribution in [1.82, 2.24) is 19.2 Å². The van der Waals surface area contributed by atoms with E-state index in [2.05, 4.69) is 15.7 Å². The Hall–Kier alpha value is -3.61. The lowest BCUT2D eigenvalue weighted by molar-refractivity contribution is -0.136. The molecule has 43 heavy (non-hydrogen) atoms. The van der Waals surface area contributed by atoms with E-state index in [1.165, 1.54) is 6.92 Å². The lowest BCUT2D eigenvalue weighted by atomic mass is 10.0. The van der Waals surface area contributed by atoms with E-state index in [1.54, 1.807) is 30.1 Å². The molecule has 0 spiro atoms. The number of unbranched alkanes of at least 4 members (excludes halogenated alkanes) is 4. The van der Waals surface area contributed by atoms with E-state index in [9.17, 15) is 23.7 Å². The molecule has 1 saturated heterocycles. The van der Waals surface area contributed by atoms with Crippen molar-refractivity contribution in [3.05, 3.63) is 48.3 Å². The van der Waals surface area contributed by atoms with Crippen LogP contribution in [0.3, 0.4) is 0 Å². The minimum Gasteiger partial charge on any atom is -0.481 e. The van der Waals surface area contributed by atoms with Crippen LogP contribution in [0.15, 0.2) is 47.6 Å². The van der Waals surface area contributed by atoms with Gasteiger partial charge in [-0.25, -0.2) is 13.0 Å². The van der Waals surface area contributed by atoms with Gasteiger partial charge < -0.3 is 20.5 Å². The van der Waals surface area contributed by atoms with Gasteiger partial charge in [0, 0.05) is 57.5 Å². The Kier molecular flexibility index (Phi) is 11.8. The molecule has 3 N–H and O–H groups in total. The van der Waals surface area contributed by atoms with Gasteiger partial charge in [0.1, 0.15) is 11.0 Å². The molecular formula is C31H41N5O6S. The van der Waals surface area contributed by atoms with Crippen LogP contribution in [0.5, 0.6) is 0 Å². The molecule has 0 radical (unpaired) electrons. The van der Waals surface area contributed by atoms with Crippen LogP contribution in [0.1, 0.15) is 63.9 Å². The minimum absolute atomic E-state index is 0.0170. The summed E-state index contributed by atoms with van der Waals surface area (Å²) in [5.41, 5.74) is 3.37. The fourth-order valence-corrected chi connectivity index (χ4v) is 6.70. The molecule has 2 amide bonds. The lowest BCUT2D eigenvalue weighted by Gasteiger charge is -2.30. The van der Waals surface area contributed by atoms with Crippen molar-refractivity contribution >= 4 is 40.0 Å². The maximum Gasteiger partial charge on any atom is 0.307 e. The average Bonchev–Trinajstić information content (AvgIpc) is 3.39. The molecule has 1 aromatic carbocycles. The van der Waals surface area contributed by atoms with Gasteiger partial charge in [0.05, 0.1) is 29.1 Å². The van der Waals surface area contributed by atoms with E-state index in [-0.39, 0.29) is 24.3 Å². The number of fused-ring (bicyclic) bond motifs is 1. The fourth-order valence-electron chi connectivity index (χ4n) is 5.28. The lowest BCUT2D eigenvalue weighted by Crippen LogP contribution is -2.37. The van der Waals surface area contributed by atoms with Gasteiger partial charge in [-0.15, -0.1) is 0 Å². The molecule has 1 atom stereocenters. The van der Waals surface area contributed by atoms with Crippen molar-refractivity contribution in [3.63, 3.8) is 0 Å². The third-order valence-electron chi connectivity index (χ3n) is 7.63. The molecule has 1 fully saturated rings. The number of methoxy groups -OCH3 is 1.